The number of hydrogen-bond acceptors (Lipinski definition) is 3. The second kappa shape index (κ2) is 7.93. The predicted molar refractivity (Wildman–Crippen MR) is 98.5 cm³/mol. The molecular weight excluding hydrogens is 331 g/mol. The lowest BCUT2D eigenvalue weighted by Crippen LogP contribution is -2.24. The van der Waals surface area contributed by atoms with Gasteiger partial charge in [0.25, 0.3) is 5.91 Å². The molecule has 0 spiro atoms. The van der Waals surface area contributed by atoms with E-state index in [4.69, 9.17) is 0 Å². The standard InChI is InChI=1S/C20H21FN4O/c1-24(2)12-16-13-25(14-23-16)19-10-6-4-8-17(19)20(26)22-11-15-7-3-5-9-18(15)21/h3-10,13-14H,11-12H2,1-2H3,(H,22,26). The van der Waals surface area contributed by atoms with Crippen LogP contribution in [0.4, 0.5) is 4.39 Å². The number of amides is 1. The summed E-state index contributed by atoms with van der Waals surface area (Å²) < 4.78 is 15.6. The van der Waals surface area contributed by atoms with Crippen molar-refractivity contribution in [2.75, 3.05) is 14.1 Å². The van der Waals surface area contributed by atoms with Crippen molar-refractivity contribution in [1.82, 2.24) is 19.8 Å². The van der Waals surface area contributed by atoms with Gasteiger partial charge in [0.05, 0.1) is 23.3 Å². The van der Waals surface area contributed by atoms with Crippen LogP contribution in [0.2, 0.25) is 0 Å². The molecule has 3 rings (SSSR count). The van der Waals surface area contributed by atoms with E-state index < -0.39 is 0 Å². The number of halogens is 1. The minimum atomic E-state index is -0.330. The van der Waals surface area contributed by atoms with Gasteiger partial charge in [-0.15, -0.1) is 0 Å². The van der Waals surface area contributed by atoms with E-state index in [-0.39, 0.29) is 18.3 Å². The molecule has 134 valence electrons. The highest BCUT2D eigenvalue weighted by Gasteiger charge is 2.13. The summed E-state index contributed by atoms with van der Waals surface area (Å²) >= 11 is 0. The Labute approximate surface area is 152 Å². The first-order chi connectivity index (χ1) is 12.5. The molecule has 1 amide bonds. The zero-order chi connectivity index (χ0) is 18.5. The molecule has 0 aliphatic rings. The molecule has 6 heteroatoms. The summed E-state index contributed by atoms with van der Waals surface area (Å²) in [7, 11) is 3.95. The molecule has 0 saturated carbocycles. The molecule has 5 nitrogen and oxygen atoms in total. The van der Waals surface area contributed by atoms with Crippen LogP contribution < -0.4 is 5.32 Å². The summed E-state index contributed by atoms with van der Waals surface area (Å²) in [5.41, 5.74) is 2.61. The molecule has 0 atom stereocenters. The van der Waals surface area contributed by atoms with E-state index in [1.807, 2.05) is 41.9 Å². The van der Waals surface area contributed by atoms with Gasteiger partial charge >= 0.3 is 0 Å². The van der Waals surface area contributed by atoms with E-state index in [1.165, 1.54) is 6.07 Å². The number of para-hydroxylation sites is 1. The Morgan fingerprint density at radius 3 is 2.65 bits per heavy atom. The van der Waals surface area contributed by atoms with Gasteiger partial charge in [-0.05, 0) is 32.3 Å². The number of nitrogens with zero attached hydrogens (tertiary/aromatic N) is 3. The second-order valence-electron chi connectivity index (χ2n) is 6.30. The van der Waals surface area contributed by atoms with Crippen molar-refractivity contribution < 1.29 is 9.18 Å². The van der Waals surface area contributed by atoms with Gasteiger partial charge in [-0.2, -0.15) is 0 Å². The fraction of sp³-hybridized carbons (Fsp3) is 0.200. The number of rotatable bonds is 6. The smallest absolute Gasteiger partial charge is 0.253 e. The highest BCUT2D eigenvalue weighted by molar-refractivity contribution is 5.97. The molecule has 0 radical (unpaired) electrons. The van der Waals surface area contributed by atoms with Crippen LogP contribution in [0.3, 0.4) is 0 Å². The largest absolute Gasteiger partial charge is 0.348 e. The van der Waals surface area contributed by atoms with Crippen molar-refractivity contribution in [3.8, 4) is 5.69 Å². The maximum atomic E-state index is 13.7. The average Bonchev–Trinajstić information content (AvgIpc) is 3.08. The minimum absolute atomic E-state index is 0.135. The van der Waals surface area contributed by atoms with Gasteiger partial charge in [-0.1, -0.05) is 30.3 Å². The van der Waals surface area contributed by atoms with Crippen molar-refractivity contribution in [3.05, 3.63) is 83.7 Å². The molecule has 1 N–H and O–H groups in total. The van der Waals surface area contributed by atoms with Crippen LogP contribution in [-0.2, 0) is 13.1 Å². The monoisotopic (exact) mass is 352 g/mol. The molecule has 0 aliphatic carbocycles. The summed E-state index contributed by atoms with van der Waals surface area (Å²) in [6, 6.07) is 13.7. The number of hydrogen-bond donors (Lipinski definition) is 1. The average molecular weight is 352 g/mol. The Morgan fingerprint density at radius 2 is 1.88 bits per heavy atom. The molecule has 0 fully saturated rings. The van der Waals surface area contributed by atoms with Gasteiger partial charge < -0.3 is 14.8 Å². The minimum Gasteiger partial charge on any atom is -0.348 e. The molecule has 0 unspecified atom stereocenters. The van der Waals surface area contributed by atoms with E-state index in [2.05, 4.69) is 10.3 Å². The molecular formula is C20H21FN4O. The Kier molecular flexibility index (Phi) is 5.43. The number of carbonyl (C=O) groups is 1. The Hall–Kier alpha value is -2.99. The van der Waals surface area contributed by atoms with Gasteiger partial charge in [-0.3, -0.25) is 4.79 Å². The molecule has 26 heavy (non-hydrogen) atoms. The molecule has 1 aromatic heterocycles. The first-order valence-corrected chi connectivity index (χ1v) is 8.33. The fourth-order valence-electron chi connectivity index (χ4n) is 2.70. The van der Waals surface area contributed by atoms with Crippen LogP contribution in [0.5, 0.6) is 0 Å². The number of nitrogens with one attached hydrogen (secondary N) is 1. The molecule has 3 aromatic rings. The normalized spacial score (nSPS) is 10.9. The third-order valence-electron chi connectivity index (χ3n) is 3.94. The van der Waals surface area contributed by atoms with E-state index >= 15 is 0 Å². The third kappa shape index (κ3) is 4.15. The highest BCUT2D eigenvalue weighted by atomic mass is 19.1. The maximum Gasteiger partial charge on any atom is 0.253 e. The Bertz CT molecular complexity index is 904. The van der Waals surface area contributed by atoms with Crippen molar-refractivity contribution >= 4 is 5.91 Å². The fourth-order valence-corrected chi connectivity index (χ4v) is 2.70. The lowest BCUT2D eigenvalue weighted by molar-refractivity contribution is 0.0950. The van der Waals surface area contributed by atoms with Crippen LogP contribution in [0, 0.1) is 5.82 Å². The lowest BCUT2D eigenvalue weighted by atomic mass is 10.1. The number of carbonyl (C=O) groups excluding carboxylic acids is 1. The number of benzene rings is 2. The van der Waals surface area contributed by atoms with Crippen LogP contribution >= 0.6 is 0 Å². The quantitative estimate of drug-likeness (QED) is 0.742. The molecule has 2 aromatic carbocycles. The first-order valence-electron chi connectivity index (χ1n) is 8.33. The highest BCUT2D eigenvalue weighted by Crippen LogP contribution is 2.16. The predicted octanol–water partition coefficient (Wildman–Crippen LogP) is 3.00. The van der Waals surface area contributed by atoms with Gasteiger partial charge in [0.2, 0.25) is 0 Å². The van der Waals surface area contributed by atoms with E-state index in [9.17, 15) is 9.18 Å². The Balaban J connectivity index is 1.79. The molecule has 0 bridgehead atoms. The van der Waals surface area contributed by atoms with Gasteiger partial charge in [0, 0.05) is 24.8 Å². The van der Waals surface area contributed by atoms with Crippen LogP contribution in [0.25, 0.3) is 5.69 Å². The van der Waals surface area contributed by atoms with Crippen LogP contribution in [-0.4, -0.2) is 34.5 Å². The van der Waals surface area contributed by atoms with Crippen LogP contribution in [0.15, 0.2) is 61.1 Å². The zero-order valence-electron chi connectivity index (χ0n) is 14.8. The maximum absolute atomic E-state index is 13.7. The summed E-state index contributed by atoms with van der Waals surface area (Å²) in [5, 5.41) is 2.78. The third-order valence-corrected chi connectivity index (χ3v) is 3.94. The molecule has 0 saturated heterocycles. The summed E-state index contributed by atoms with van der Waals surface area (Å²) in [5.74, 6) is -0.587. The topological polar surface area (TPSA) is 50.2 Å². The van der Waals surface area contributed by atoms with Crippen molar-refractivity contribution in [2.24, 2.45) is 0 Å². The number of aromatic nitrogens is 2. The second-order valence-corrected chi connectivity index (χ2v) is 6.30. The zero-order valence-corrected chi connectivity index (χ0v) is 14.8. The van der Waals surface area contributed by atoms with Gasteiger partial charge in [-0.25, -0.2) is 9.37 Å². The SMILES string of the molecule is CN(C)Cc1cn(-c2ccccc2C(=O)NCc2ccccc2F)cn1. The van der Waals surface area contributed by atoms with E-state index in [0.29, 0.717) is 17.7 Å². The van der Waals surface area contributed by atoms with E-state index in [0.717, 1.165) is 11.4 Å². The summed E-state index contributed by atoms with van der Waals surface area (Å²) in [6.07, 6.45) is 3.60. The van der Waals surface area contributed by atoms with Gasteiger partial charge in [0.15, 0.2) is 0 Å². The first kappa shape index (κ1) is 17.8. The van der Waals surface area contributed by atoms with Crippen LogP contribution in [0.1, 0.15) is 21.6 Å². The summed E-state index contributed by atoms with van der Waals surface area (Å²) in [4.78, 5) is 19.0. The van der Waals surface area contributed by atoms with Crippen molar-refractivity contribution in [1.29, 1.82) is 0 Å². The Morgan fingerprint density at radius 1 is 1.15 bits per heavy atom. The van der Waals surface area contributed by atoms with E-state index in [1.54, 1.807) is 36.7 Å². The van der Waals surface area contributed by atoms with Crippen molar-refractivity contribution in [3.63, 3.8) is 0 Å². The molecule has 0 aliphatic heterocycles. The van der Waals surface area contributed by atoms with Crippen molar-refractivity contribution in [2.45, 2.75) is 13.1 Å². The van der Waals surface area contributed by atoms with Gasteiger partial charge in [0.1, 0.15) is 5.82 Å². The summed E-state index contributed by atoms with van der Waals surface area (Å²) in [6.45, 7) is 0.851. The number of imidazole rings is 1. The lowest BCUT2D eigenvalue weighted by Gasteiger charge is -2.11. The molecule has 1 heterocycles.